The highest BCUT2D eigenvalue weighted by Crippen LogP contribution is 2.24. The van der Waals surface area contributed by atoms with E-state index in [1.54, 1.807) is 18.2 Å². The fourth-order valence-electron chi connectivity index (χ4n) is 3.42. The molecule has 0 amide bonds. The van der Waals surface area contributed by atoms with Gasteiger partial charge in [0.1, 0.15) is 18.2 Å². The van der Waals surface area contributed by atoms with Gasteiger partial charge >= 0.3 is 0 Å². The number of aryl methyl sites for hydroxylation is 1. The van der Waals surface area contributed by atoms with Gasteiger partial charge < -0.3 is 15.4 Å². The van der Waals surface area contributed by atoms with E-state index in [0.717, 1.165) is 35.7 Å². The lowest BCUT2D eigenvalue weighted by Gasteiger charge is -2.20. The Hall–Kier alpha value is -3.66. The van der Waals surface area contributed by atoms with Crippen LogP contribution in [0, 0.1) is 6.92 Å². The minimum Gasteiger partial charge on any atom is -0.486 e. The van der Waals surface area contributed by atoms with Crippen molar-refractivity contribution in [2.24, 2.45) is 0 Å². The van der Waals surface area contributed by atoms with Crippen LogP contribution in [0.5, 0.6) is 5.75 Å². The molecule has 148 valence electrons. The Morgan fingerprint density at radius 1 is 1.21 bits per heavy atom. The molecule has 0 bridgehead atoms. The van der Waals surface area contributed by atoms with Crippen molar-refractivity contribution in [2.75, 3.05) is 11.9 Å². The second-order valence-electron chi connectivity index (χ2n) is 6.98. The number of hydrogen-bond acceptors (Lipinski definition) is 7. The maximum Gasteiger partial charge on any atom is 0.271 e. The van der Waals surface area contributed by atoms with Crippen molar-refractivity contribution >= 4 is 22.5 Å². The highest BCUT2D eigenvalue weighted by atomic mass is 16.5. The van der Waals surface area contributed by atoms with Crippen molar-refractivity contribution in [3.8, 4) is 5.75 Å². The van der Waals surface area contributed by atoms with Gasteiger partial charge in [0.25, 0.3) is 5.56 Å². The maximum atomic E-state index is 11.6. The molecule has 0 aliphatic carbocycles. The van der Waals surface area contributed by atoms with E-state index >= 15 is 0 Å². The number of anilines is 2. The van der Waals surface area contributed by atoms with Crippen LogP contribution in [0.15, 0.2) is 29.1 Å². The summed E-state index contributed by atoms with van der Waals surface area (Å²) in [4.78, 5) is 21.0. The first-order chi connectivity index (χ1) is 14.2. The fourth-order valence-corrected chi connectivity index (χ4v) is 3.42. The highest BCUT2D eigenvalue weighted by molar-refractivity contribution is 5.79. The first-order valence-corrected chi connectivity index (χ1v) is 9.37. The average molecular weight is 392 g/mol. The largest absolute Gasteiger partial charge is 0.486 e. The van der Waals surface area contributed by atoms with Gasteiger partial charge in [0.15, 0.2) is 11.6 Å². The summed E-state index contributed by atoms with van der Waals surface area (Å²) in [5.41, 5.74) is 3.57. The van der Waals surface area contributed by atoms with Crippen molar-refractivity contribution < 1.29 is 4.74 Å². The summed E-state index contributed by atoms with van der Waals surface area (Å²) in [5.74, 6) is 2.66. The van der Waals surface area contributed by atoms with Crippen molar-refractivity contribution in [3.05, 3.63) is 57.4 Å². The van der Waals surface area contributed by atoms with Gasteiger partial charge in [0, 0.05) is 42.9 Å². The van der Waals surface area contributed by atoms with E-state index in [0.29, 0.717) is 34.8 Å². The third-order valence-corrected chi connectivity index (χ3v) is 4.85. The fraction of sp³-hybridized carbons (Fsp3) is 0.263. The summed E-state index contributed by atoms with van der Waals surface area (Å²) in [6.07, 6.45) is 0.829. The standard InChI is InChI=1S/C19H20N8O2/c1-10-6-16(26-24-10)22-18-13-8-20-5-4-14(13)21-17(23-18)9-29-11-2-3-12-15(7-11)25-27-19(12)28/h2-3,6-7,20H,4-5,8-9H2,1H3,(H2,25,27,28)(H2,21,22,23,24,26). The van der Waals surface area contributed by atoms with Crippen LogP contribution in [-0.2, 0) is 19.6 Å². The molecule has 0 fully saturated rings. The summed E-state index contributed by atoms with van der Waals surface area (Å²) < 4.78 is 5.88. The predicted molar refractivity (Wildman–Crippen MR) is 107 cm³/mol. The molecule has 5 rings (SSSR count). The summed E-state index contributed by atoms with van der Waals surface area (Å²) in [5, 5.41) is 19.8. The second kappa shape index (κ2) is 7.06. The minimum atomic E-state index is -0.150. The zero-order valence-corrected chi connectivity index (χ0v) is 15.8. The number of aromatic amines is 3. The SMILES string of the molecule is Cc1cc(Nc2nc(COc3ccc4c(=O)[nH][nH]c4c3)nc3c2CNCC3)n[nH]1. The van der Waals surface area contributed by atoms with Crippen molar-refractivity contribution in [1.82, 2.24) is 35.7 Å². The molecule has 1 aliphatic rings. The quantitative estimate of drug-likeness (QED) is 0.348. The summed E-state index contributed by atoms with van der Waals surface area (Å²) in [6, 6.07) is 7.20. The van der Waals surface area contributed by atoms with Crippen molar-refractivity contribution in [1.29, 1.82) is 0 Å². The number of nitrogens with one attached hydrogen (secondary N) is 5. The molecule has 1 aliphatic heterocycles. The first kappa shape index (κ1) is 17.4. The van der Waals surface area contributed by atoms with Crippen LogP contribution in [0.3, 0.4) is 0 Å². The Balaban J connectivity index is 1.41. The Morgan fingerprint density at radius 2 is 2.14 bits per heavy atom. The second-order valence-corrected chi connectivity index (χ2v) is 6.98. The monoisotopic (exact) mass is 392 g/mol. The van der Waals surface area contributed by atoms with E-state index in [-0.39, 0.29) is 12.2 Å². The molecule has 0 unspecified atom stereocenters. The molecule has 29 heavy (non-hydrogen) atoms. The molecule has 4 heterocycles. The molecule has 3 aromatic heterocycles. The highest BCUT2D eigenvalue weighted by Gasteiger charge is 2.18. The Bertz CT molecular complexity index is 1240. The summed E-state index contributed by atoms with van der Waals surface area (Å²) in [6.45, 7) is 3.75. The van der Waals surface area contributed by atoms with Gasteiger partial charge in [0.2, 0.25) is 0 Å². The average Bonchev–Trinajstić information content (AvgIpc) is 3.31. The zero-order valence-electron chi connectivity index (χ0n) is 15.8. The van der Waals surface area contributed by atoms with Gasteiger partial charge in [-0.3, -0.25) is 20.1 Å². The third-order valence-electron chi connectivity index (χ3n) is 4.85. The van der Waals surface area contributed by atoms with Gasteiger partial charge in [0.05, 0.1) is 16.6 Å². The lowest BCUT2D eigenvalue weighted by molar-refractivity contribution is 0.295. The topological polar surface area (TPSA) is 136 Å². The third kappa shape index (κ3) is 3.45. The number of H-pyrrole nitrogens is 3. The lowest BCUT2D eigenvalue weighted by atomic mass is 10.1. The Kier molecular flexibility index (Phi) is 4.24. The minimum absolute atomic E-state index is 0.150. The lowest BCUT2D eigenvalue weighted by Crippen LogP contribution is -2.27. The number of fused-ring (bicyclic) bond motifs is 2. The number of hydrogen-bond donors (Lipinski definition) is 5. The first-order valence-electron chi connectivity index (χ1n) is 9.37. The van der Waals surface area contributed by atoms with Crippen LogP contribution < -0.4 is 20.9 Å². The van der Waals surface area contributed by atoms with E-state index in [1.165, 1.54) is 0 Å². The van der Waals surface area contributed by atoms with Gasteiger partial charge in [-0.2, -0.15) is 5.10 Å². The summed E-state index contributed by atoms with van der Waals surface area (Å²) in [7, 11) is 0. The van der Waals surface area contributed by atoms with Crippen LogP contribution in [0.1, 0.15) is 22.8 Å². The number of benzene rings is 1. The van der Waals surface area contributed by atoms with Crippen molar-refractivity contribution in [2.45, 2.75) is 26.5 Å². The van der Waals surface area contributed by atoms with E-state index < -0.39 is 0 Å². The van der Waals surface area contributed by atoms with Crippen LogP contribution in [-0.4, -0.2) is 36.9 Å². The number of rotatable bonds is 5. The van der Waals surface area contributed by atoms with Crippen LogP contribution in [0.4, 0.5) is 11.6 Å². The molecule has 10 heteroatoms. The maximum absolute atomic E-state index is 11.6. The van der Waals surface area contributed by atoms with Gasteiger partial charge in [-0.1, -0.05) is 0 Å². The smallest absolute Gasteiger partial charge is 0.271 e. The van der Waals surface area contributed by atoms with Gasteiger partial charge in [-0.25, -0.2) is 9.97 Å². The predicted octanol–water partition coefficient (Wildman–Crippen LogP) is 1.65. The molecule has 0 radical (unpaired) electrons. The van der Waals surface area contributed by atoms with Crippen LogP contribution in [0.25, 0.3) is 10.9 Å². The molecule has 1 aromatic carbocycles. The van der Waals surface area contributed by atoms with Gasteiger partial charge in [-0.05, 0) is 19.1 Å². The zero-order chi connectivity index (χ0) is 19.8. The Labute approximate surface area is 165 Å². The number of ether oxygens (including phenoxy) is 1. The molecular formula is C19H20N8O2. The number of aromatic nitrogens is 6. The molecule has 0 saturated heterocycles. The molecule has 0 saturated carbocycles. The summed E-state index contributed by atoms with van der Waals surface area (Å²) >= 11 is 0. The molecule has 0 atom stereocenters. The van der Waals surface area contributed by atoms with Crippen molar-refractivity contribution in [3.63, 3.8) is 0 Å². The molecular weight excluding hydrogens is 372 g/mol. The van der Waals surface area contributed by atoms with Gasteiger partial charge in [-0.15, -0.1) is 0 Å². The van der Waals surface area contributed by atoms with E-state index in [1.807, 2.05) is 13.0 Å². The molecule has 4 aromatic rings. The van der Waals surface area contributed by atoms with E-state index in [4.69, 9.17) is 9.72 Å². The Morgan fingerprint density at radius 3 is 3.00 bits per heavy atom. The van der Waals surface area contributed by atoms with Crippen LogP contribution in [0.2, 0.25) is 0 Å². The van der Waals surface area contributed by atoms with E-state index in [9.17, 15) is 4.79 Å². The molecule has 5 N–H and O–H groups in total. The number of nitrogens with zero attached hydrogens (tertiary/aromatic N) is 3. The molecule has 0 spiro atoms. The molecule has 10 nitrogen and oxygen atoms in total. The van der Waals surface area contributed by atoms with E-state index in [2.05, 4.69) is 36.0 Å². The van der Waals surface area contributed by atoms with Crippen LogP contribution >= 0.6 is 0 Å². The normalized spacial score (nSPS) is 13.4.